The van der Waals surface area contributed by atoms with Gasteiger partial charge in [0.1, 0.15) is 17.3 Å². The second-order valence-corrected chi connectivity index (χ2v) is 7.10. The van der Waals surface area contributed by atoms with Crippen molar-refractivity contribution in [2.45, 2.75) is 36.0 Å². The van der Waals surface area contributed by atoms with E-state index in [-0.39, 0.29) is 5.56 Å². The Morgan fingerprint density at radius 1 is 1.07 bits per heavy atom. The van der Waals surface area contributed by atoms with Gasteiger partial charge in [-0.2, -0.15) is 22.8 Å². The monoisotopic (exact) mass is 435 g/mol. The molecule has 0 saturated carbocycles. The largest absolute Gasteiger partial charge is 0.457 e. The maximum absolute atomic E-state index is 14.6. The highest BCUT2D eigenvalue weighted by Crippen LogP contribution is 2.68. The molecule has 2 aliphatic carbocycles. The van der Waals surface area contributed by atoms with Crippen molar-refractivity contribution in [1.29, 1.82) is 5.26 Å². The number of aliphatic hydroxyl groups is 1. The first-order valence-corrected chi connectivity index (χ1v) is 8.32. The molecule has 0 amide bonds. The van der Waals surface area contributed by atoms with Crippen LogP contribution in [0.15, 0.2) is 30.3 Å². The molecule has 0 spiro atoms. The van der Waals surface area contributed by atoms with Gasteiger partial charge in [0, 0.05) is 22.8 Å². The third kappa shape index (κ3) is 2.40. The smallest absolute Gasteiger partial charge is 0.346 e. The van der Waals surface area contributed by atoms with Crippen LogP contribution in [0.25, 0.3) is 0 Å². The van der Waals surface area contributed by atoms with Gasteiger partial charge in [-0.3, -0.25) is 0 Å². The highest BCUT2D eigenvalue weighted by molar-refractivity contribution is 5.59. The third-order valence-electron chi connectivity index (χ3n) is 5.22. The zero-order valence-electron chi connectivity index (χ0n) is 14.5. The van der Waals surface area contributed by atoms with Crippen LogP contribution in [0.4, 0.5) is 35.1 Å². The number of rotatable bonds is 2. The van der Waals surface area contributed by atoms with Crippen LogP contribution in [0, 0.1) is 17.1 Å². The van der Waals surface area contributed by atoms with Crippen LogP contribution in [0.5, 0.6) is 11.5 Å². The van der Waals surface area contributed by atoms with Gasteiger partial charge in [-0.15, -0.1) is 0 Å². The van der Waals surface area contributed by atoms with Gasteiger partial charge in [0.15, 0.2) is 11.8 Å². The first-order chi connectivity index (χ1) is 13.8. The van der Waals surface area contributed by atoms with Gasteiger partial charge in [-0.25, -0.2) is 17.6 Å². The summed E-state index contributed by atoms with van der Waals surface area (Å²) >= 11 is 0. The number of alkyl halides is 7. The van der Waals surface area contributed by atoms with Crippen molar-refractivity contribution in [3.8, 4) is 17.6 Å². The number of halogens is 8. The molecule has 0 aliphatic heterocycles. The lowest BCUT2D eigenvalue weighted by Gasteiger charge is -2.40. The minimum absolute atomic E-state index is 0.267. The molecule has 3 nitrogen and oxygen atoms in total. The zero-order valence-corrected chi connectivity index (χ0v) is 14.5. The molecule has 2 atom stereocenters. The predicted molar refractivity (Wildman–Crippen MR) is 83.8 cm³/mol. The fourth-order valence-electron chi connectivity index (χ4n) is 3.89. The summed E-state index contributed by atoms with van der Waals surface area (Å²) in [4.78, 5) is 0. The number of ether oxygens (including phenoxy) is 1. The summed E-state index contributed by atoms with van der Waals surface area (Å²) < 4.78 is 119. The minimum Gasteiger partial charge on any atom is -0.457 e. The predicted octanol–water partition coefficient (Wildman–Crippen LogP) is 5.47. The Labute approximate surface area is 163 Å². The van der Waals surface area contributed by atoms with Crippen LogP contribution in [-0.4, -0.2) is 17.0 Å². The molecular formula is C19H9F8NO2. The fourth-order valence-corrected chi connectivity index (χ4v) is 3.89. The Bertz CT molecular complexity index is 1110. The summed E-state index contributed by atoms with van der Waals surface area (Å²) in [6.45, 7) is 0. The summed E-state index contributed by atoms with van der Waals surface area (Å²) in [6, 6.07) is 4.95. The van der Waals surface area contributed by atoms with Crippen LogP contribution in [0.1, 0.15) is 34.8 Å². The van der Waals surface area contributed by atoms with E-state index in [0.29, 0.717) is 18.2 Å². The van der Waals surface area contributed by atoms with Gasteiger partial charge in [0.05, 0.1) is 18.1 Å². The summed E-state index contributed by atoms with van der Waals surface area (Å²) in [6.07, 6.45) is -5.64. The molecule has 0 heterocycles. The van der Waals surface area contributed by atoms with E-state index in [0.717, 1.165) is 12.1 Å². The van der Waals surface area contributed by atoms with Gasteiger partial charge in [-0.1, -0.05) is 0 Å². The number of nitrogens with zero attached hydrogens (tertiary/aromatic N) is 1. The number of nitriles is 1. The molecule has 0 fully saturated rings. The molecular weight excluding hydrogens is 426 g/mol. The summed E-state index contributed by atoms with van der Waals surface area (Å²) in [5.41, 5.74) is -8.60. The van der Waals surface area contributed by atoms with Crippen molar-refractivity contribution >= 4 is 0 Å². The standard InChI is InChI=1S/C19H9F8NO2/c20-9-3-8(6-28)4-10(5-9)30-12-2-1-11-14-13(12)15(21)17(22,23)7-16(14,29)19(26,27)18(11,24)25/h1-5,15,29H,7H2/t15-,16+/m1/s1. The summed E-state index contributed by atoms with van der Waals surface area (Å²) in [5, 5.41) is 19.1. The van der Waals surface area contributed by atoms with Gasteiger partial charge >= 0.3 is 11.8 Å². The Balaban J connectivity index is 1.97. The van der Waals surface area contributed by atoms with Crippen molar-refractivity contribution in [3.63, 3.8) is 0 Å². The fraction of sp³-hybridized carbons (Fsp3) is 0.316. The average molecular weight is 435 g/mol. The molecule has 0 radical (unpaired) electrons. The van der Waals surface area contributed by atoms with E-state index in [9.17, 15) is 40.2 Å². The molecule has 11 heteroatoms. The van der Waals surface area contributed by atoms with Crippen LogP contribution >= 0.6 is 0 Å². The van der Waals surface area contributed by atoms with Crippen LogP contribution in [0.2, 0.25) is 0 Å². The highest BCUT2D eigenvalue weighted by atomic mass is 19.3. The normalized spacial score (nSPS) is 27.3. The molecule has 2 aliphatic rings. The van der Waals surface area contributed by atoms with Crippen LogP contribution in [0.3, 0.4) is 0 Å². The van der Waals surface area contributed by atoms with Gasteiger partial charge in [-0.05, 0) is 24.3 Å². The lowest BCUT2D eigenvalue weighted by atomic mass is 9.75. The Hall–Kier alpha value is -2.87. The SMILES string of the molecule is N#Cc1cc(F)cc(Oc2ccc3c4c2[C@@H](F)C(F)(F)C[C@@]4(O)C(F)(F)C3(F)F)c1. The van der Waals surface area contributed by atoms with E-state index in [4.69, 9.17) is 10.00 Å². The molecule has 2 aromatic carbocycles. The molecule has 30 heavy (non-hydrogen) atoms. The van der Waals surface area contributed by atoms with E-state index in [2.05, 4.69) is 0 Å². The molecule has 0 saturated heterocycles. The van der Waals surface area contributed by atoms with E-state index in [1.807, 2.05) is 0 Å². The molecule has 0 bridgehead atoms. The lowest BCUT2D eigenvalue weighted by Crippen LogP contribution is -2.54. The van der Waals surface area contributed by atoms with E-state index >= 15 is 0 Å². The van der Waals surface area contributed by atoms with Gasteiger partial charge in [0.2, 0.25) is 0 Å². The van der Waals surface area contributed by atoms with Crippen molar-refractivity contribution in [1.82, 2.24) is 0 Å². The second-order valence-electron chi connectivity index (χ2n) is 7.10. The molecule has 0 unspecified atom stereocenters. The summed E-state index contributed by atoms with van der Waals surface area (Å²) in [5.74, 6) is -17.4. The Morgan fingerprint density at radius 2 is 1.73 bits per heavy atom. The number of benzene rings is 2. The highest BCUT2D eigenvalue weighted by Gasteiger charge is 2.80. The third-order valence-corrected chi connectivity index (χ3v) is 5.22. The number of hydrogen-bond donors (Lipinski definition) is 1. The van der Waals surface area contributed by atoms with Crippen molar-refractivity contribution in [2.24, 2.45) is 0 Å². The summed E-state index contributed by atoms with van der Waals surface area (Å²) in [7, 11) is 0. The van der Waals surface area contributed by atoms with Crippen molar-refractivity contribution < 1.29 is 45.0 Å². The van der Waals surface area contributed by atoms with E-state index < -0.39 is 70.0 Å². The average Bonchev–Trinajstić information content (AvgIpc) is 2.75. The maximum atomic E-state index is 14.6. The van der Waals surface area contributed by atoms with Crippen LogP contribution < -0.4 is 4.74 Å². The molecule has 4 rings (SSSR count). The van der Waals surface area contributed by atoms with Gasteiger partial charge in [0.25, 0.3) is 5.92 Å². The van der Waals surface area contributed by atoms with Gasteiger partial charge < -0.3 is 9.84 Å². The molecule has 158 valence electrons. The van der Waals surface area contributed by atoms with Crippen molar-refractivity contribution in [2.75, 3.05) is 0 Å². The maximum Gasteiger partial charge on any atom is 0.346 e. The van der Waals surface area contributed by atoms with E-state index in [1.165, 1.54) is 0 Å². The van der Waals surface area contributed by atoms with Crippen molar-refractivity contribution in [3.05, 3.63) is 58.4 Å². The Morgan fingerprint density at radius 3 is 2.37 bits per heavy atom. The first-order valence-electron chi connectivity index (χ1n) is 8.32. The van der Waals surface area contributed by atoms with Crippen LogP contribution in [-0.2, 0) is 11.5 Å². The topological polar surface area (TPSA) is 53.2 Å². The zero-order chi connectivity index (χ0) is 22.3. The van der Waals surface area contributed by atoms with E-state index in [1.54, 1.807) is 6.07 Å². The molecule has 1 N–H and O–H groups in total. The number of hydrogen-bond acceptors (Lipinski definition) is 3. The Kier molecular flexibility index (Phi) is 3.98. The minimum atomic E-state index is -5.36. The first kappa shape index (κ1) is 20.4. The molecule has 2 aromatic rings. The molecule has 0 aromatic heterocycles. The second kappa shape index (κ2) is 5.85. The lowest BCUT2D eigenvalue weighted by molar-refractivity contribution is -0.306. The quantitative estimate of drug-likeness (QED) is 0.637.